The predicted molar refractivity (Wildman–Crippen MR) is 111 cm³/mol. The van der Waals surface area contributed by atoms with Gasteiger partial charge in [-0.25, -0.2) is 4.98 Å². The van der Waals surface area contributed by atoms with E-state index in [1.54, 1.807) is 32.0 Å². The van der Waals surface area contributed by atoms with Crippen LogP contribution in [0.3, 0.4) is 0 Å². The highest BCUT2D eigenvalue weighted by molar-refractivity contribution is 6.08. The van der Waals surface area contributed by atoms with E-state index in [0.29, 0.717) is 33.9 Å². The quantitative estimate of drug-likeness (QED) is 0.488. The first kappa shape index (κ1) is 20.4. The summed E-state index contributed by atoms with van der Waals surface area (Å²) < 4.78 is 16.1. The van der Waals surface area contributed by atoms with E-state index in [-0.39, 0.29) is 18.2 Å². The molecule has 0 saturated carbocycles. The topological polar surface area (TPSA) is 123 Å². The van der Waals surface area contributed by atoms with Crippen molar-refractivity contribution in [2.45, 2.75) is 40.3 Å². The van der Waals surface area contributed by atoms with Gasteiger partial charge in [0.2, 0.25) is 5.91 Å². The zero-order chi connectivity index (χ0) is 22.1. The molecule has 2 amide bonds. The van der Waals surface area contributed by atoms with Crippen LogP contribution < -0.4 is 10.6 Å². The Morgan fingerprint density at radius 1 is 1.19 bits per heavy atom. The van der Waals surface area contributed by atoms with Gasteiger partial charge in [-0.2, -0.15) is 0 Å². The van der Waals surface area contributed by atoms with E-state index >= 15 is 0 Å². The van der Waals surface area contributed by atoms with Crippen LogP contribution in [0.25, 0.3) is 22.4 Å². The lowest BCUT2D eigenvalue weighted by atomic mass is 10.0. The molecule has 0 bridgehead atoms. The molecule has 1 atom stereocenters. The second kappa shape index (κ2) is 8.10. The highest BCUT2D eigenvalue weighted by Gasteiger charge is 2.23. The van der Waals surface area contributed by atoms with Gasteiger partial charge in [-0.15, -0.1) is 0 Å². The van der Waals surface area contributed by atoms with E-state index in [1.165, 1.54) is 6.26 Å². The summed E-state index contributed by atoms with van der Waals surface area (Å²) in [6.45, 7) is 7.24. The molecule has 9 heteroatoms. The maximum atomic E-state index is 13.1. The van der Waals surface area contributed by atoms with Crippen molar-refractivity contribution in [1.29, 1.82) is 0 Å². The van der Waals surface area contributed by atoms with E-state index in [4.69, 9.17) is 13.4 Å². The number of aryl methyl sites for hydroxylation is 3. The highest BCUT2D eigenvalue weighted by Crippen LogP contribution is 2.30. The molecule has 0 aromatic carbocycles. The summed E-state index contributed by atoms with van der Waals surface area (Å²) in [5.74, 6) is 1.27. The standard InChI is InChI=1S/C22H22N4O5/c1-11-8-16(14(4)30-11)18-9-17(19-12(2)26-31-22(19)25-18)21(28)24-13(3)20(27)23-10-15-6-5-7-29-15/h5-9,13H,10H2,1-4H3,(H,23,27)(H,24,28). The van der Waals surface area contributed by atoms with E-state index in [0.717, 1.165) is 11.3 Å². The molecule has 0 aliphatic heterocycles. The lowest BCUT2D eigenvalue weighted by molar-refractivity contribution is -0.122. The van der Waals surface area contributed by atoms with Crippen molar-refractivity contribution in [2.75, 3.05) is 0 Å². The Hall–Kier alpha value is -3.88. The van der Waals surface area contributed by atoms with Gasteiger partial charge in [-0.05, 0) is 52.0 Å². The van der Waals surface area contributed by atoms with Gasteiger partial charge in [-0.3, -0.25) is 9.59 Å². The third-order valence-corrected chi connectivity index (χ3v) is 4.94. The van der Waals surface area contributed by atoms with Gasteiger partial charge in [0, 0.05) is 5.56 Å². The second-order valence-corrected chi connectivity index (χ2v) is 7.32. The molecule has 0 fully saturated rings. The Morgan fingerprint density at radius 3 is 2.68 bits per heavy atom. The molecule has 4 aromatic heterocycles. The van der Waals surface area contributed by atoms with Crippen LogP contribution in [0.5, 0.6) is 0 Å². The molecule has 0 radical (unpaired) electrons. The van der Waals surface area contributed by atoms with Crippen molar-refractivity contribution in [3.05, 3.63) is 59.1 Å². The molecule has 4 rings (SSSR count). The summed E-state index contributed by atoms with van der Waals surface area (Å²) in [6.07, 6.45) is 1.53. The number of amides is 2. The van der Waals surface area contributed by atoms with Gasteiger partial charge in [0.25, 0.3) is 11.6 Å². The Labute approximate surface area is 177 Å². The molecule has 4 aromatic rings. The van der Waals surface area contributed by atoms with Gasteiger partial charge in [0.15, 0.2) is 0 Å². The van der Waals surface area contributed by atoms with Crippen molar-refractivity contribution in [2.24, 2.45) is 0 Å². The fraction of sp³-hybridized carbons (Fsp3) is 0.273. The fourth-order valence-electron chi connectivity index (χ4n) is 3.38. The molecule has 0 spiro atoms. The third kappa shape index (κ3) is 4.07. The average molecular weight is 422 g/mol. The largest absolute Gasteiger partial charge is 0.467 e. The molecule has 160 valence electrons. The smallest absolute Gasteiger partial charge is 0.259 e. The zero-order valence-electron chi connectivity index (χ0n) is 17.6. The minimum atomic E-state index is -0.771. The Balaban J connectivity index is 1.60. The lowest BCUT2D eigenvalue weighted by Gasteiger charge is -2.14. The number of aromatic nitrogens is 2. The number of hydrogen-bond donors (Lipinski definition) is 2. The highest BCUT2D eigenvalue weighted by atomic mass is 16.5. The van der Waals surface area contributed by atoms with Gasteiger partial charge in [0.1, 0.15) is 23.3 Å². The number of hydrogen-bond acceptors (Lipinski definition) is 7. The first-order chi connectivity index (χ1) is 14.8. The summed E-state index contributed by atoms with van der Waals surface area (Å²) in [6, 6.07) is 6.23. The van der Waals surface area contributed by atoms with Crippen LogP contribution in [0.4, 0.5) is 0 Å². The Bertz CT molecular complexity index is 1250. The first-order valence-corrected chi connectivity index (χ1v) is 9.79. The van der Waals surface area contributed by atoms with E-state index in [1.807, 2.05) is 19.9 Å². The molecule has 0 saturated heterocycles. The first-order valence-electron chi connectivity index (χ1n) is 9.79. The number of pyridine rings is 1. The van der Waals surface area contributed by atoms with Gasteiger partial charge in [-0.1, -0.05) is 5.16 Å². The number of fused-ring (bicyclic) bond motifs is 1. The normalized spacial score (nSPS) is 12.1. The predicted octanol–water partition coefficient (Wildman–Crippen LogP) is 3.44. The van der Waals surface area contributed by atoms with Crippen LogP contribution in [0.2, 0.25) is 0 Å². The van der Waals surface area contributed by atoms with Crippen molar-refractivity contribution < 1.29 is 22.9 Å². The maximum Gasteiger partial charge on any atom is 0.259 e. The number of carbonyl (C=O) groups excluding carboxylic acids is 2. The van der Waals surface area contributed by atoms with Crippen molar-refractivity contribution in [1.82, 2.24) is 20.8 Å². The second-order valence-electron chi connectivity index (χ2n) is 7.32. The van der Waals surface area contributed by atoms with Crippen molar-refractivity contribution in [3.8, 4) is 11.3 Å². The summed E-state index contributed by atoms with van der Waals surface area (Å²) in [5, 5.41) is 9.91. The molecule has 9 nitrogen and oxygen atoms in total. The monoisotopic (exact) mass is 422 g/mol. The van der Waals surface area contributed by atoms with Crippen molar-refractivity contribution in [3.63, 3.8) is 0 Å². The average Bonchev–Trinajstić information content (AvgIpc) is 3.46. The van der Waals surface area contributed by atoms with Crippen LogP contribution in [-0.4, -0.2) is 28.0 Å². The lowest BCUT2D eigenvalue weighted by Crippen LogP contribution is -2.44. The molecule has 2 N–H and O–H groups in total. The minimum absolute atomic E-state index is 0.236. The molecule has 31 heavy (non-hydrogen) atoms. The number of nitrogens with zero attached hydrogens (tertiary/aromatic N) is 2. The van der Waals surface area contributed by atoms with Gasteiger partial charge in [0.05, 0.1) is 35.1 Å². The molecule has 0 aliphatic carbocycles. The number of rotatable bonds is 6. The molecule has 4 heterocycles. The zero-order valence-corrected chi connectivity index (χ0v) is 17.6. The van der Waals surface area contributed by atoms with E-state index in [9.17, 15) is 9.59 Å². The number of furan rings is 2. The SMILES string of the molecule is Cc1cc(-c2cc(C(=O)NC(C)C(=O)NCc3ccco3)c3c(C)noc3n2)c(C)o1. The van der Waals surface area contributed by atoms with Crippen LogP contribution in [-0.2, 0) is 11.3 Å². The van der Waals surface area contributed by atoms with Gasteiger partial charge < -0.3 is 24.0 Å². The number of nitrogens with one attached hydrogen (secondary N) is 2. The van der Waals surface area contributed by atoms with Crippen LogP contribution in [0.15, 0.2) is 43.9 Å². The number of carbonyl (C=O) groups is 2. The Kier molecular flexibility index (Phi) is 5.33. The minimum Gasteiger partial charge on any atom is -0.467 e. The van der Waals surface area contributed by atoms with Crippen LogP contribution >= 0.6 is 0 Å². The van der Waals surface area contributed by atoms with Crippen molar-refractivity contribution >= 4 is 22.9 Å². The summed E-state index contributed by atoms with van der Waals surface area (Å²) >= 11 is 0. The summed E-state index contributed by atoms with van der Waals surface area (Å²) in [5.41, 5.74) is 2.38. The van der Waals surface area contributed by atoms with Crippen LogP contribution in [0, 0.1) is 20.8 Å². The van der Waals surface area contributed by atoms with Crippen LogP contribution in [0.1, 0.15) is 40.3 Å². The molecular formula is C22H22N4O5. The fourth-order valence-corrected chi connectivity index (χ4v) is 3.38. The molecule has 0 aliphatic rings. The van der Waals surface area contributed by atoms with Gasteiger partial charge >= 0.3 is 0 Å². The third-order valence-electron chi connectivity index (χ3n) is 4.94. The maximum absolute atomic E-state index is 13.1. The molecular weight excluding hydrogens is 400 g/mol. The van der Waals surface area contributed by atoms with E-state index in [2.05, 4.69) is 20.8 Å². The molecule has 1 unspecified atom stereocenters. The Morgan fingerprint density at radius 2 is 2.00 bits per heavy atom. The van der Waals surface area contributed by atoms with E-state index < -0.39 is 11.9 Å². The summed E-state index contributed by atoms with van der Waals surface area (Å²) in [4.78, 5) is 30.0. The summed E-state index contributed by atoms with van der Waals surface area (Å²) in [7, 11) is 0.